The number of benzene rings is 1. The quantitative estimate of drug-likeness (QED) is 0.790. The number of nitrogens with one attached hydrogen (secondary N) is 1. The second kappa shape index (κ2) is 6.86. The molecule has 1 N–H and O–H groups in total. The number of hydrogen-bond acceptors (Lipinski definition) is 2. The maximum absolute atomic E-state index is 6.76. The summed E-state index contributed by atoms with van der Waals surface area (Å²) in [6.45, 7) is 14.0. The summed E-state index contributed by atoms with van der Waals surface area (Å²) in [6, 6.07) is 11.8. The maximum atomic E-state index is 6.76. The van der Waals surface area contributed by atoms with Crippen LogP contribution in [0.15, 0.2) is 30.3 Å². The molecule has 1 aromatic rings. The molecule has 0 aliphatic carbocycles. The van der Waals surface area contributed by atoms with Crippen molar-refractivity contribution in [2.75, 3.05) is 0 Å². The van der Waals surface area contributed by atoms with Crippen LogP contribution in [-0.4, -0.2) is 26.5 Å². The first kappa shape index (κ1) is 17.7. The highest BCUT2D eigenvalue weighted by Gasteiger charge is 2.43. The van der Waals surface area contributed by atoms with Crippen LogP contribution >= 0.6 is 0 Å². The molecule has 1 heterocycles. The van der Waals surface area contributed by atoms with E-state index in [1.807, 2.05) is 0 Å². The van der Waals surface area contributed by atoms with E-state index in [0.717, 1.165) is 12.8 Å². The molecule has 3 atom stereocenters. The summed E-state index contributed by atoms with van der Waals surface area (Å²) in [5.41, 5.74) is 1.40. The fourth-order valence-electron chi connectivity index (χ4n) is 2.95. The highest BCUT2D eigenvalue weighted by molar-refractivity contribution is 6.74. The fraction of sp³-hybridized carbons (Fsp3) is 0.684. The van der Waals surface area contributed by atoms with Crippen molar-refractivity contribution in [1.29, 1.82) is 0 Å². The van der Waals surface area contributed by atoms with Crippen molar-refractivity contribution in [1.82, 2.24) is 5.32 Å². The van der Waals surface area contributed by atoms with Crippen LogP contribution in [0.25, 0.3) is 0 Å². The standard InChI is InChI=1S/C19H33NOSi/c1-7-16-14-18(21-22(5,6)19(2,3)4)17(20-16)13-15-11-9-8-10-12-15/h8-12,16-18,20H,7,13-14H2,1-6H3/t16-,17+,18+/m1/s1. The molecule has 1 fully saturated rings. The lowest BCUT2D eigenvalue weighted by Gasteiger charge is -2.39. The Bertz CT molecular complexity index is 466. The van der Waals surface area contributed by atoms with Crippen LogP contribution in [0, 0.1) is 0 Å². The Morgan fingerprint density at radius 1 is 1.18 bits per heavy atom. The first-order valence-corrected chi connectivity index (χ1v) is 11.6. The summed E-state index contributed by atoms with van der Waals surface area (Å²) in [5, 5.41) is 4.08. The molecule has 0 radical (unpaired) electrons. The van der Waals surface area contributed by atoms with Gasteiger partial charge in [0.1, 0.15) is 0 Å². The summed E-state index contributed by atoms with van der Waals surface area (Å²) in [4.78, 5) is 0. The van der Waals surface area contributed by atoms with Gasteiger partial charge >= 0.3 is 0 Å². The number of hydrogen-bond donors (Lipinski definition) is 1. The molecule has 0 saturated carbocycles. The minimum atomic E-state index is -1.71. The molecule has 0 unspecified atom stereocenters. The molecule has 0 amide bonds. The SMILES string of the molecule is CC[C@@H]1C[C@H](O[Si](C)(C)C(C)(C)C)[C@H](Cc2ccccc2)N1. The molecule has 1 aliphatic heterocycles. The largest absolute Gasteiger partial charge is 0.412 e. The number of rotatable bonds is 5. The fourth-order valence-corrected chi connectivity index (χ4v) is 4.32. The van der Waals surface area contributed by atoms with Crippen molar-refractivity contribution in [2.24, 2.45) is 0 Å². The van der Waals surface area contributed by atoms with Crippen LogP contribution in [-0.2, 0) is 10.8 Å². The maximum Gasteiger partial charge on any atom is 0.192 e. The van der Waals surface area contributed by atoms with Gasteiger partial charge in [0.2, 0.25) is 0 Å². The zero-order valence-corrected chi connectivity index (χ0v) is 16.1. The van der Waals surface area contributed by atoms with E-state index in [4.69, 9.17) is 4.43 Å². The van der Waals surface area contributed by atoms with Crippen molar-refractivity contribution in [3.05, 3.63) is 35.9 Å². The first-order valence-electron chi connectivity index (χ1n) is 8.70. The van der Waals surface area contributed by atoms with Crippen molar-refractivity contribution >= 4 is 8.32 Å². The van der Waals surface area contributed by atoms with Crippen molar-refractivity contribution in [3.63, 3.8) is 0 Å². The Kier molecular flexibility index (Phi) is 5.52. The average Bonchev–Trinajstić information content (AvgIpc) is 2.80. The minimum absolute atomic E-state index is 0.272. The van der Waals surface area contributed by atoms with Crippen molar-refractivity contribution < 1.29 is 4.43 Å². The summed E-state index contributed by atoms with van der Waals surface area (Å²) in [5.74, 6) is 0. The Labute approximate surface area is 137 Å². The monoisotopic (exact) mass is 319 g/mol. The molecule has 3 heteroatoms. The normalized spacial score (nSPS) is 26.4. The van der Waals surface area contributed by atoms with Gasteiger partial charge in [-0.05, 0) is 43.0 Å². The third-order valence-electron chi connectivity index (χ3n) is 5.46. The highest BCUT2D eigenvalue weighted by Crippen LogP contribution is 2.39. The molecule has 22 heavy (non-hydrogen) atoms. The third-order valence-corrected chi connectivity index (χ3v) is 9.96. The van der Waals surface area contributed by atoms with Crippen LogP contribution in [0.3, 0.4) is 0 Å². The van der Waals surface area contributed by atoms with Gasteiger partial charge in [0.15, 0.2) is 8.32 Å². The van der Waals surface area contributed by atoms with Crippen LogP contribution < -0.4 is 5.32 Å². The van der Waals surface area contributed by atoms with Gasteiger partial charge in [0.25, 0.3) is 0 Å². The van der Waals surface area contributed by atoms with E-state index in [0.29, 0.717) is 18.2 Å². The van der Waals surface area contributed by atoms with Crippen molar-refractivity contribution in [3.8, 4) is 0 Å². The van der Waals surface area contributed by atoms with E-state index in [2.05, 4.69) is 76.4 Å². The lowest BCUT2D eigenvalue weighted by atomic mass is 10.0. The van der Waals surface area contributed by atoms with E-state index in [1.54, 1.807) is 0 Å². The predicted octanol–water partition coefficient (Wildman–Crippen LogP) is 4.76. The summed E-state index contributed by atoms with van der Waals surface area (Å²) in [7, 11) is -1.71. The Balaban J connectivity index is 2.09. The Morgan fingerprint density at radius 2 is 1.82 bits per heavy atom. The minimum Gasteiger partial charge on any atom is -0.412 e. The average molecular weight is 320 g/mol. The lowest BCUT2D eigenvalue weighted by Crippen LogP contribution is -2.47. The van der Waals surface area contributed by atoms with Crippen LogP contribution in [0.5, 0.6) is 0 Å². The van der Waals surface area contributed by atoms with E-state index in [9.17, 15) is 0 Å². The molecule has 1 aromatic carbocycles. The van der Waals surface area contributed by atoms with Gasteiger partial charge in [-0.25, -0.2) is 0 Å². The zero-order chi connectivity index (χ0) is 16.4. The van der Waals surface area contributed by atoms with Crippen LogP contribution in [0.4, 0.5) is 0 Å². The molecule has 0 spiro atoms. The van der Waals surface area contributed by atoms with Gasteiger partial charge in [-0.15, -0.1) is 0 Å². The van der Waals surface area contributed by atoms with E-state index >= 15 is 0 Å². The predicted molar refractivity (Wildman–Crippen MR) is 97.8 cm³/mol. The van der Waals surface area contributed by atoms with Gasteiger partial charge in [-0.3, -0.25) is 0 Å². The summed E-state index contributed by atoms with van der Waals surface area (Å²) >= 11 is 0. The molecule has 0 aromatic heterocycles. The van der Waals surface area contributed by atoms with Gasteiger partial charge in [0, 0.05) is 12.1 Å². The van der Waals surface area contributed by atoms with Crippen LogP contribution in [0.1, 0.15) is 46.1 Å². The molecule has 1 saturated heterocycles. The Morgan fingerprint density at radius 3 is 2.36 bits per heavy atom. The molecule has 124 valence electrons. The van der Waals surface area contributed by atoms with E-state index in [1.165, 1.54) is 12.0 Å². The zero-order valence-electron chi connectivity index (χ0n) is 15.1. The second-order valence-electron chi connectivity index (χ2n) is 8.22. The van der Waals surface area contributed by atoms with Gasteiger partial charge in [-0.1, -0.05) is 58.0 Å². The lowest BCUT2D eigenvalue weighted by molar-refractivity contribution is 0.164. The van der Waals surface area contributed by atoms with E-state index < -0.39 is 8.32 Å². The molecule has 1 aliphatic rings. The van der Waals surface area contributed by atoms with Gasteiger partial charge < -0.3 is 9.74 Å². The molecule has 0 bridgehead atoms. The van der Waals surface area contributed by atoms with Gasteiger partial charge in [0.05, 0.1) is 6.10 Å². The summed E-state index contributed by atoms with van der Waals surface area (Å²) < 4.78 is 6.76. The highest BCUT2D eigenvalue weighted by atomic mass is 28.4. The first-order chi connectivity index (χ1) is 10.2. The van der Waals surface area contributed by atoms with E-state index in [-0.39, 0.29) is 5.04 Å². The van der Waals surface area contributed by atoms with Crippen molar-refractivity contribution in [2.45, 2.75) is 83.3 Å². The third kappa shape index (κ3) is 4.21. The molecular formula is C19H33NOSi. The Hall–Kier alpha value is -0.643. The second-order valence-corrected chi connectivity index (χ2v) is 13.0. The van der Waals surface area contributed by atoms with Gasteiger partial charge in [-0.2, -0.15) is 0 Å². The molecule has 2 rings (SSSR count). The molecule has 2 nitrogen and oxygen atoms in total. The topological polar surface area (TPSA) is 21.3 Å². The summed E-state index contributed by atoms with van der Waals surface area (Å²) in [6.07, 6.45) is 3.76. The smallest absolute Gasteiger partial charge is 0.192 e. The van der Waals surface area contributed by atoms with Crippen LogP contribution in [0.2, 0.25) is 18.1 Å². The molecular weight excluding hydrogens is 286 g/mol.